The van der Waals surface area contributed by atoms with Gasteiger partial charge in [-0.25, -0.2) is 0 Å². The van der Waals surface area contributed by atoms with Gasteiger partial charge in [-0.2, -0.15) is 0 Å². The maximum Gasteiger partial charge on any atom is 0.280 e. The lowest BCUT2D eigenvalue weighted by atomic mass is 10.0. The maximum absolute atomic E-state index is 12.6. The molecule has 0 aliphatic carbocycles. The van der Waals surface area contributed by atoms with E-state index in [1.54, 1.807) is 18.1 Å². The lowest BCUT2D eigenvalue weighted by Crippen LogP contribution is -2.35. The van der Waals surface area contributed by atoms with Gasteiger partial charge in [-0.1, -0.05) is 5.16 Å². The average molecular weight is 287 g/mol. The number of rotatable bonds is 3. The van der Waals surface area contributed by atoms with Gasteiger partial charge in [0.05, 0.1) is 0 Å². The van der Waals surface area contributed by atoms with E-state index in [4.69, 9.17) is 15.0 Å². The molecule has 0 atom stereocenters. The molecule has 0 fully saturated rings. The minimum absolute atomic E-state index is 0.160. The number of benzene rings is 1. The maximum atomic E-state index is 12.6. The first kappa shape index (κ1) is 13.6. The zero-order valence-electron chi connectivity index (χ0n) is 11.8. The molecule has 2 heterocycles. The summed E-state index contributed by atoms with van der Waals surface area (Å²) < 4.78 is 10.0. The van der Waals surface area contributed by atoms with Crippen molar-refractivity contribution in [2.75, 3.05) is 24.3 Å². The van der Waals surface area contributed by atoms with Crippen LogP contribution in [0.25, 0.3) is 0 Å². The van der Waals surface area contributed by atoms with E-state index in [0.717, 1.165) is 24.1 Å². The molecule has 6 heteroatoms. The van der Waals surface area contributed by atoms with Crippen LogP contribution in [0.4, 0.5) is 11.4 Å². The van der Waals surface area contributed by atoms with Gasteiger partial charge in [0, 0.05) is 31.1 Å². The topological polar surface area (TPSA) is 81.6 Å². The number of ether oxygens (including phenoxy) is 1. The molecule has 2 aromatic rings. The van der Waals surface area contributed by atoms with E-state index in [9.17, 15) is 4.79 Å². The van der Waals surface area contributed by atoms with Crippen molar-refractivity contribution in [2.45, 2.75) is 19.4 Å². The molecular formula is C15H17N3O3. The molecule has 0 unspecified atom stereocenters. The highest BCUT2D eigenvalue weighted by Crippen LogP contribution is 2.30. The van der Waals surface area contributed by atoms with Crippen LogP contribution in [0.5, 0.6) is 0 Å². The van der Waals surface area contributed by atoms with E-state index >= 15 is 0 Å². The molecule has 1 aliphatic heterocycles. The van der Waals surface area contributed by atoms with Gasteiger partial charge in [-0.05, 0) is 36.6 Å². The molecule has 1 aromatic heterocycles. The van der Waals surface area contributed by atoms with Crippen LogP contribution in [-0.2, 0) is 17.8 Å². The second-order valence-electron chi connectivity index (χ2n) is 5.06. The molecule has 0 saturated carbocycles. The fourth-order valence-corrected chi connectivity index (χ4v) is 2.59. The van der Waals surface area contributed by atoms with Crippen LogP contribution in [0.15, 0.2) is 28.8 Å². The predicted molar refractivity (Wildman–Crippen MR) is 78.1 cm³/mol. The van der Waals surface area contributed by atoms with Gasteiger partial charge in [-0.3, -0.25) is 4.79 Å². The lowest BCUT2D eigenvalue weighted by Gasteiger charge is -2.29. The highest BCUT2D eigenvalue weighted by molar-refractivity contribution is 6.05. The molecule has 21 heavy (non-hydrogen) atoms. The summed E-state index contributed by atoms with van der Waals surface area (Å²) >= 11 is 0. The molecule has 2 N–H and O–H groups in total. The number of hydrogen-bond acceptors (Lipinski definition) is 5. The number of amides is 1. The van der Waals surface area contributed by atoms with Gasteiger partial charge >= 0.3 is 0 Å². The average Bonchev–Trinajstić information content (AvgIpc) is 2.94. The first-order chi connectivity index (χ1) is 10.2. The number of fused-ring (bicyclic) bond motifs is 1. The monoisotopic (exact) mass is 287 g/mol. The number of nitrogens with zero attached hydrogens (tertiary/aromatic N) is 2. The summed E-state index contributed by atoms with van der Waals surface area (Å²) in [5.74, 6) is 0.377. The Morgan fingerprint density at radius 3 is 3.14 bits per heavy atom. The largest absolute Gasteiger partial charge is 0.399 e. The zero-order valence-corrected chi connectivity index (χ0v) is 11.8. The Morgan fingerprint density at radius 1 is 1.48 bits per heavy atom. The number of aryl methyl sites for hydroxylation is 1. The van der Waals surface area contributed by atoms with E-state index in [0.29, 0.717) is 30.3 Å². The molecule has 0 radical (unpaired) electrons. The molecule has 0 spiro atoms. The first-order valence-corrected chi connectivity index (χ1v) is 6.84. The van der Waals surface area contributed by atoms with Gasteiger partial charge in [0.25, 0.3) is 5.91 Å². The molecule has 0 saturated heterocycles. The van der Waals surface area contributed by atoms with Crippen molar-refractivity contribution in [3.63, 3.8) is 0 Å². The highest BCUT2D eigenvalue weighted by Gasteiger charge is 2.26. The van der Waals surface area contributed by atoms with Crippen LogP contribution in [-0.4, -0.2) is 24.7 Å². The van der Waals surface area contributed by atoms with Gasteiger partial charge in [-0.15, -0.1) is 0 Å². The third-order valence-corrected chi connectivity index (χ3v) is 3.53. The Balaban J connectivity index is 1.88. The van der Waals surface area contributed by atoms with Crippen molar-refractivity contribution in [3.05, 3.63) is 41.3 Å². The normalized spacial score (nSPS) is 14.0. The summed E-state index contributed by atoms with van der Waals surface area (Å²) in [5.41, 5.74) is 8.81. The molecule has 0 bridgehead atoms. The molecule has 110 valence electrons. The number of carbonyl (C=O) groups is 1. The molecule has 1 aliphatic rings. The summed E-state index contributed by atoms with van der Waals surface area (Å²) in [5, 5.41) is 3.83. The standard InChI is InChI=1S/C15H17N3O3/c1-20-9-12-8-13(17-21-12)15(19)18-6-2-3-10-7-11(16)4-5-14(10)18/h4-5,7-8H,2-3,6,9,16H2,1H3. The van der Waals surface area contributed by atoms with Crippen LogP contribution in [0.2, 0.25) is 0 Å². The fraction of sp³-hybridized carbons (Fsp3) is 0.333. The SMILES string of the molecule is COCc1cc(C(=O)N2CCCc3cc(N)ccc32)no1. The van der Waals surface area contributed by atoms with Crippen molar-refractivity contribution < 1.29 is 14.1 Å². The summed E-state index contributed by atoms with van der Waals surface area (Å²) in [7, 11) is 1.56. The molecule has 1 amide bonds. The Kier molecular flexibility index (Phi) is 3.62. The summed E-state index contributed by atoms with van der Waals surface area (Å²) in [6.45, 7) is 0.968. The smallest absolute Gasteiger partial charge is 0.280 e. The fourth-order valence-electron chi connectivity index (χ4n) is 2.59. The van der Waals surface area contributed by atoms with E-state index in [2.05, 4.69) is 5.16 Å². The summed E-state index contributed by atoms with van der Waals surface area (Å²) in [6, 6.07) is 7.24. The Morgan fingerprint density at radius 2 is 2.33 bits per heavy atom. The van der Waals surface area contributed by atoms with Crippen molar-refractivity contribution >= 4 is 17.3 Å². The number of carbonyl (C=O) groups excluding carboxylic acids is 1. The first-order valence-electron chi connectivity index (χ1n) is 6.84. The van der Waals surface area contributed by atoms with E-state index in [1.165, 1.54) is 0 Å². The number of anilines is 2. The van der Waals surface area contributed by atoms with E-state index in [-0.39, 0.29) is 5.91 Å². The number of methoxy groups -OCH3 is 1. The zero-order chi connectivity index (χ0) is 14.8. The molecule has 6 nitrogen and oxygen atoms in total. The Hall–Kier alpha value is -2.34. The van der Waals surface area contributed by atoms with Crippen LogP contribution >= 0.6 is 0 Å². The number of hydrogen-bond donors (Lipinski definition) is 1. The minimum Gasteiger partial charge on any atom is -0.399 e. The predicted octanol–water partition coefficient (Wildman–Crippen LogP) is 2.00. The summed E-state index contributed by atoms with van der Waals surface area (Å²) in [4.78, 5) is 14.3. The Bertz CT molecular complexity index is 666. The second kappa shape index (κ2) is 5.57. The van der Waals surface area contributed by atoms with Gasteiger partial charge in [0.2, 0.25) is 0 Å². The highest BCUT2D eigenvalue weighted by atomic mass is 16.5. The minimum atomic E-state index is -0.160. The second-order valence-corrected chi connectivity index (χ2v) is 5.06. The van der Waals surface area contributed by atoms with Crippen LogP contribution in [0.1, 0.15) is 28.2 Å². The number of nitrogens with two attached hydrogens (primary N) is 1. The third kappa shape index (κ3) is 2.62. The van der Waals surface area contributed by atoms with Crippen LogP contribution in [0.3, 0.4) is 0 Å². The lowest BCUT2D eigenvalue weighted by molar-refractivity contribution is 0.0975. The van der Waals surface area contributed by atoms with Crippen molar-refractivity contribution in [1.29, 1.82) is 0 Å². The summed E-state index contributed by atoms with van der Waals surface area (Å²) in [6.07, 6.45) is 1.84. The van der Waals surface area contributed by atoms with E-state index in [1.807, 2.05) is 18.2 Å². The molecule has 3 rings (SSSR count). The number of nitrogen functional groups attached to an aromatic ring is 1. The van der Waals surface area contributed by atoms with Crippen LogP contribution in [0, 0.1) is 0 Å². The molecule has 1 aromatic carbocycles. The van der Waals surface area contributed by atoms with Gasteiger partial charge < -0.3 is 19.9 Å². The van der Waals surface area contributed by atoms with Crippen molar-refractivity contribution in [3.8, 4) is 0 Å². The Labute approximate surface area is 122 Å². The third-order valence-electron chi connectivity index (χ3n) is 3.53. The van der Waals surface area contributed by atoms with Gasteiger partial charge in [0.15, 0.2) is 11.5 Å². The van der Waals surface area contributed by atoms with Gasteiger partial charge in [0.1, 0.15) is 6.61 Å². The number of aromatic nitrogens is 1. The van der Waals surface area contributed by atoms with E-state index < -0.39 is 0 Å². The molecular weight excluding hydrogens is 270 g/mol. The van der Waals surface area contributed by atoms with Crippen LogP contribution < -0.4 is 10.6 Å². The van der Waals surface area contributed by atoms with Crippen molar-refractivity contribution in [1.82, 2.24) is 5.16 Å². The quantitative estimate of drug-likeness (QED) is 0.873. The van der Waals surface area contributed by atoms with Crippen molar-refractivity contribution in [2.24, 2.45) is 0 Å².